The Kier molecular flexibility index (Phi) is 3.22. The van der Waals surface area contributed by atoms with Crippen molar-refractivity contribution in [2.75, 3.05) is 13.1 Å². The van der Waals surface area contributed by atoms with Gasteiger partial charge in [0, 0.05) is 24.1 Å². The van der Waals surface area contributed by atoms with Gasteiger partial charge < -0.3 is 4.90 Å². The lowest BCUT2D eigenvalue weighted by Gasteiger charge is -2.37. The number of tetrazole rings is 1. The lowest BCUT2D eigenvalue weighted by atomic mass is 9.79. The quantitative estimate of drug-likeness (QED) is 0.895. The molecule has 0 spiro atoms. The van der Waals surface area contributed by atoms with Crippen molar-refractivity contribution < 1.29 is 4.79 Å². The molecule has 0 atom stereocenters. The number of aromatic nitrogens is 4. The number of hydrogen-bond donors (Lipinski definition) is 1. The average molecular weight is 271 g/mol. The Balaban J connectivity index is 1.69. The number of nitrogens with one attached hydrogen (secondary N) is 1. The first-order valence-electron chi connectivity index (χ1n) is 6.77. The molecule has 2 aromatic rings. The van der Waals surface area contributed by atoms with Crippen LogP contribution in [0, 0.1) is 0 Å². The van der Waals surface area contributed by atoms with Gasteiger partial charge >= 0.3 is 0 Å². The van der Waals surface area contributed by atoms with E-state index in [1.165, 1.54) is 0 Å². The molecular formula is C14H17N5O. The van der Waals surface area contributed by atoms with E-state index >= 15 is 0 Å². The second kappa shape index (κ2) is 5.03. The highest BCUT2D eigenvalue weighted by molar-refractivity contribution is 5.94. The number of aromatic amines is 1. The molecule has 0 aliphatic carbocycles. The molecule has 1 N–H and O–H groups in total. The maximum atomic E-state index is 12.4. The first-order chi connectivity index (χ1) is 9.69. The van der Waals surface area contributed by atoms with Gasteiger partial charge in [-0.3, -0.25) is 4.79 Å². The van der Waals surface area contributed by atoms with Gasteiger partial charge in [0.25, 0.3) is 5.91 Å². The Labute approximate surface area is 117 Å². The fourth-order valence-electron chi connectivity index (χ4n) is 2.61. The predicted octanol–water partition coefficient (Wildman–Crippen LogP) is 1.39. The van der Waals surface area contributed by atoms with E-state index in [4.69, 9.17) is 0 Å². The van der Waals surface area contributed by atoms with Crippen LogP contribution in [0.1, 0.15) is 35.9 Å². The van der Waals surface area contributed by atoms with Crippen LogP contribution in [-0.4, -0.2) is 44.5 Å². The van der Waals surface area contributed by atoms with Crippen molar-refractivity contribution in [1.29, 1.82) is 0 Å². The topological polar surface area (TPSA) is 74.8 Å². The summed E-state index contributed by atoms with van der Waals surface area (Å²) in [6.07, 6.45) is 1.70. The van der Waals surface area contributed by atoms with E-state index in [9.17, 15) is 4.79 Å². The molecule has 1 fully saturated rings. The number of H-pyrrole nitrogens is 1. The van der Waals surface area contributed by atoms with Crippen LogP contribution in [0.2, 0.25) is 0 Å². The zero-order valence-corrected chi connectivity index (χ0v) is 11.4. The number of carbonyl (C=O) groups excluding carboxylic acids is 1. The predicted molar refractivity (Wildman–Crippen MR) is 73.1 cm³/mol. The number of piperidine rings is 1. The van der Waals surface area contributed by atoms with Crippen molar-refractivity contribution in [3.8, 4) is 0 Å². The zero-order valence-electron chi connectivity index (χ0n) is 11.4. The summed E-state index contributed by atoms with van der Waals surface area (Å²) in [6, 6.07) is 9.41. The van der Waals surface area contributed by atoms with E-state index in [1.807, 2.05) is 35.2 Å². The third-order valence-electron chi connectivity index (χ3n) is 4.06. The Hall–Kier alpha value is -2.24. The smallest absolute Gasteiger partial charge is 0.253 e. The van der Waals surface area contributed by atoms with Crippen LogP contribution in [0.4, 0.5) is 0 Å². The van der Waals surface area contributed by atoms with Crippen LogP contribution >= 0.6 is 0 Å². The largest absolute Gasteiger partial charge is 0.339 e. The summed E-state index contributed by atoms with van der Waals surface area (Å²) in [4.78, 5) is 14.3. The molecule has 2 heterocycles. The van der Waals surface area contributed by atoms with Crippen molar-refractivity contribution >= 4 is 5.91 Å². The molecular weight excluding hydrogens is 254 g/mol. The number of rotatable bonds is 2. The van der Waals surface area contributed by atoms with E-state index in [1.54, 1.807) is 0 Å². The number of carbonyl (C=O) groups is 1. The summed E-state index contributed by atoms with van der Waals surface area (Å²) in [7, 11) is 0. The number of likely N-dealkylation sites (tertiary alicyclic amines) is 1. The van der Waals surface area contributed by atoms with E-state index < -0.39 is 0 Å². The first-order valence-corrected chi connectivity index (χ1v) is 6.77. The highest BCUT2D eigenvalue weighted by Gasteiger charge is 2.36. The van der Waals surface area contributed by atoms with Crippen LogP contribution in [0.15, 0.2) is 30.3 Å². The van der Waals surface area contributed by atoms with Crippen molar-refractivity contribution in [2.24, 2.45) is 0 Å². The highest BCUT2D eigenvalue weighted by Crippen LogP contribution is 2.32. The van der Waals surface area contributed by atoms with Gasteiger partial charge in [-0.25, -0.2) is 0 Å². The summed E-state index contributed by atoms with van der Waals surface area (Å²) in [6.45, 7) is 3.57. The van der Waals surface area contributed by atoms with E-state index in [0.717, 1.165) is 37.3 Å². The molecule has 0 saturated carbocycles. The molecule has 20 heavy (non-hydrogen) atoms. The first kappa shape index (κ1) is 12.8. The van der Waals surface area contributed by atoms with Gasteiger partial charge in [-0.15, -0.1) is 10.2 Å². The Morgan fingerprint density at radius 3 is 2.55 bits per heavy atom. The maximum absolute atomic E-state index is 12.4. The van der Waals surface area contributed by atoms with Crippen LogP contribution in [-0.2, 0) is 5.41 Å². The lowest BCUT2D eigenvalue weighted by molar-refractivity contribution is 0.0671. The summed E-state index contributed by atoms with van der Waals surface area (Å²) in [5, 5.41) is 14.3. The molecule has 0 radical (unpaired) electrons. The second-order valence-electron chi connectivity index (χ2n) is 5.45. The van der Waals surface area contributed by atoms with Crippen molar-refractivity contribution in [2.45, 2.75) is 25.2 Å². The van der Waals surface area contributed by atoms with Gasteiger partial charge in [-0.2, -0.15) is 5.21 Å². The van der Waals surface area contributed by atoms with Gasteiger partial charge in [0.15, 0.2) is 5.82 Å². The van der Waals surface area contributed by atoms with Gasteiger partial charge in [0.05, 0.1) is 0 Å². The van der Waals surface area contributed by atoms with E-state index in [2.05, 4.69) is 27.5 Å². The Bertz CT molecular complexity index is 573. The van der Waals surface area contributed by atoms with Gasteiger partial charge in [-0.05, 0) is 25.0 Å². The SMILES string of the molecule is CC1(c2nn[nH]n2)CCN(C(=O)c2ccccc2)CC1. The van der Waals surface area contributed by atoms with Crippen molar-refractivity contribution in [1.82, 2.24) is 25.5 Å². The lowest BCUT2D eigenvalue weighted by Crippen LogP contribution is -2.44. The molecule has 1 aliphatic rings. The third kappa shape index (κ3) is 2.29. The molecule has 1 amide bonds. The normalized spacial score (nSPS) is 17.9. The minimum Gasteiger partial charge on any atom is -0.339 e. The molecule has 0 bridgehead atoms. The van der Waals surface area contributed by atoms with Crippen molar-refractivity contribution in [3.63, 3.8) is 0 Å². The standard InChI is InChI=1S/C14H17N5O/c1-14(13-15-17-18-16-13)7-9-19(10-8-14)12(20)11-5-3-2-4-6-11/h2-6H,7-10H2,1H3,(H,15,16,17,18). The molecule has 1 aliphatic heterocycles. The van der Waals surface area contributed by atoms with Crippen LogP contribution in [0.5, 0.6) is 0 Å². The molecule has 0 unspecified atom stereocenters. The third-order valence-corrected chi connectivity index (χ3v) is 4.06. The maximum Gasteiger partial charge on any atom is 0.253 e. The summed E-state index contributed by atoms with van der Waals surface area (Å²) in [5.41, 5.74) is 0.649. The fraction of sp³-hybridized carbons (Fsp3) is 0.429. The minimum atomic E-state index is -0.0968. The second-order valence-corrected chi connectivity index (χ2v) is 5.45. The molecule has 1 aromatic carbocycles. The van der Waals surface area contributed by atoms with Crippen LogP contribution in [0.3, 0.4) is 0 Å². The van der Waals surface area contributed by atoms with Gasteiger partial charge in [0.1, 0.15) is 0 Å². The number of hydrogen-bond acceptors (Lipinski definition) is 4. The van der Waals surface area contributed by atoms with Crippen molar-refractivity contribution in [3.05, 3.63) is 41.7 Å². The molecule has 104 valence electrons. The Morgan fingerprint density at radius 1 is 1.25 bits per heavy atom. The molecule has 6 nitrogen and oxygen atoms in total. The van der Waals surface area contributed by atoms with E-state index in [-0.39, 0.29) is 11.3 Å². The summed E-state index contributed by atoms with van der Waals surface area (Å²) >= 11 is 0. The molecule has 3 rings (SSSR count). The molecule has 6 heteroatoms. The van der Waals surface area contributed by atoms with Crippen LogP contribution < -0.4 is 0 Å². The van der Waals surface area contributed by atoms with Gasteiger partial charge in [-0.1, -0.05) is 30.3 Å². The molecule has 1 saturated heterocycles. The van der Waals surface area contributed by atoms with Crippen LogP contribution in [0.25, 0.3) is 0 Å². The summed E-state index contributed by atoms with van der Waals surface area (Å²) in [5.74, 6) is 0.838. The number of nitrogens with zero attached hydrogens (tertiary/aromatic N) is 4. The molecule has 1 aromatic heterocycles. The van der Waals surface area contributed by atoms with Gasteiger partial charge in [0.2, 0.25) is 0 Å². The average Bonchev–Trinajstić information content (AvgIpc) is 3.03. The summed E-state index contributed by atoms with van der Waals surface area (Å²) < 4.78 is 0. The Morgan fingerprint density at radius 2 is 1.95 bits per heavy atom. The zero-order chi connectivity index (χ0) is 14.0. The number of amides is 1. The fourth-order valence-corrected chi connectivity index (χ4v) is 2.61. The monoisotopic (exact) mass is 271 g/mol. The highest BCUT2D eigenvalue weighted by atomic mass is 16.2. The minimum absolute atomic E-state index is 0.0968. The van der Waals surface area contributed by atoms with E-state index in [0.29, 0.717) is 0 Å². The number of benzene rings is 1.